The largest absolute Gasteiger partial charge is 0.465 e. The molecule has 2 aromatic rings. The Morgan fingerprint density at radius 1 is 1.33 bits per heavy atom. The molecule has 1 aliphatic rings. The minimum absolute atomic E-state index is 0.323. The first-order valence-electron chi connectivity index (χ1n) is 5.69. The fraction of sp³-hybridized carbons (Fsp3) is 0.143. The van der Waals surface area contributed by atoms with Gasteiger partial charge in [0, 0.05) is 35.8 Å². The van der Waals surface area contributed by atoms with Crippen LogP contribution in [0.25, 0.3) is 11.1 Å². The topological polar surface area (TPSA) is 51.2 Å². The molecular formula is C14H12N2O2. The standard InChI is InChI=1S/C14H12N2O2/c1-18-14(17)9-2-3-11-12-8-15-5-4-10(12)7-16-13(11)6-9/h2-6,8,16H,7H2,1H3. The lowest BCUT2D eigenvalue weighted by molar-refractivity contribution is 0.0601. The van der Waals surface area contributed by atoms with E-state index in [1.807, 2.05) is 24.4 Å². The van der Waals surface area contributed by atoms with Crippen molar-refractivity contribution in [1.29, 1.82) is 0 Å². The number of rotatable bonds is 1. The van der Waals surface area contributed by atoms with Crippen LogP contribution in [0.4, 0.5) is 5.69 Å². The number of methoxy groups -OCH3 is 1. The molecule has 1 aromatic heterocycles. The first-order chi connectivity index (χ1) is 8.79. The summed E-state index contributed by atoms with van der Waals surface area (Å²) >= 11 is 0. The fourth-order valence-corrected chi connectivity index (χ4v) is 2.18. The number of nitrogens with zero attached hydrogens (tertiary/aromatic N) is 1. The maximum Gasteiger partial charge on any atom is 0.337 e. The van der Waals surface area contributed by atoms with Gasteiger partial charge in [0.25, 0.3) is 0 Å². The van der Waals surface area contributed by atoms with Crippen LogP contribution in [-0.2, 0) is 11.3 Å². The van der Waals surface area contributed by atoms with Crippen LogP contribution in [0.3, 0.4) is 0 Å². The Labute approximate surface area is 105 Å². The van der Waals surface area contributed by atoms with Crippen molar-refractivity contribution in [2.45, 2.75) is 6.54 Å². The number of anilines is 1. The van der Waals surface area contributed by atoms with E-state index in [4.69, 9.17) is 4.74 Å². The Morgan fingerprint density at radius 3 is 3.06 bits per heavy atom. The summed E-state index contributed by atoms with van der Waals surface area (Å²) in [7, 11) is 1.38. The molecule has 0 atom stereocenters. The minimum atomic E-state index is -0.323. The van der Waals surface area contributed by atoms with Crippen LogP contribution >= 0.6 is 0 Å². The smallest absolute Gasteiger partial charge is 0.337 e. The number of nitrogens with one attached hydrogen (secondary N) is 1. The summed E-state index contributed by atoms with van der Waals surface area (Å²) in [5.74, 6) is -0.323. The summed E-state index contributed by atoms with van der Waals surface area (Å²) in [5, 5.41) is 3.30. The van der Waals surface area contributed by atoms with Crippen LogP contribution in [0.5, 0.6) is 0 Å². The highest BCUT2D eigenvalue weighted by atomic mass is 16.5. The summed E-state index contributed by atoms with van der Waals surface area (Å²) in [6, 6.07) is 7.51. The predicted molar refractivity (Wildman–Crippen MR) is 68.3 cm³/mol. The molecule has 0 saturated carbocycles. The molecule has 0 spiro atoms. The van der Waals surface area contributed by atoms with Crippen molar-refractivity contribution in [1.82, 2.24) is 4.98 Å². The Hall–Kier alpha value is -2.36. The quantitative estimate of drug-likeness (QED) is 0.778. The second kappa shape index (κ2) is 4.14. The molecular weight excluding hydrogens is 228 g/mol. The Morgan fingerprint density at radius 2 is 2.22 bits per heavy atom. The zero-order chi connectivity index (χ0) is 12.5. The van der Waals surface area contributed by atoms with Crippen LogP contribution in [0.2, 0.25) is 0 Å². The Bertz CT molecular complexity index is 623. The van der Waals surface area contributed by atoms with Gasteiger partial charge in [-0.15, -0.1) is 0 Å². The Balaban J connectivity index is 2.11. The molecule has 3 rings (SSSR count). The van der Waals surface area contributed by atoms with Crippen LogP contribution in [0, 0.1) is 0 Å². The number of hydrogen-bond donors (Lipinski definition) is 1. The molecule has 1 N–H and O–H groups in total. The Kier molecular flexibility index (Phi) is 2.48. The van der Waals surface area contributed by atoms with E-state index in [0.29, 0.717) is 5.56 Å². The number of aromatic nitrogens is 1. The zero-order valence-electron chi connectivity index (χ0n) is 9.93. The molecule has 4 heteroatoms. The number of carbonyl (C=O) groups is 1. The van der Waals surface area contributed by atoms with Gasteiger partial charge in [0.05, 0.1) is 12.7 Å². The van der Waals surface area contributed by atoms with Crippen molar-refractivity contribution in [3.05, 3.63) is 47.8 Å². The lowest BCUT2D eigenvalue weighted by atomic mass is 9.95. The highest BCUT2D eigenvalue weighted by Crippen LogP contribution is 2.35. The first kappa shape index (κ1) is 10.8. The molecule has 0 bridgehead atoms. The lowest BCUT2D eigenvalue weighted by Crippen LogP contribution is -2.10. The molecule has 0 radical (unpaired) electrons. The maximum atomic E-state index is 11.5. The van der Waals surface area contributed by atoms with E-state index >= 15 is 0 Å². The number of pyridine rings is 1. The average molecular weight is 240 g/mol. The van der Waals surface area contributed by atoms with Gasteiger partial charge >= 0.3 is 5.97 Å². The monoisotopic (exact) mass is 240 g/mol. The number of fused-ring (bicyclic) bond motifs is 3. The van der Waals surface area contributed by atoms with E-state index in [0.717, 1.165) is 23.4 Å². The molecule has 0 fully saturated rings. The van der Waals surface area contributed by atoms with Gasteiger partial charge in [-0.3, -0.25) is 4.98 Å². The third-order valence-electron chi connectivity index (χ3n) is 3.11. The molecule has 18 heavy (non-hydrogen) atoms. The summed E-state index contributed by atoms with van der Waals surface area (Å²) < 4.78 is 4.72. The summed E-state index contributed by atoms with van der Waals surface area (Å²) in [4.78, 5) is 15.6. The zero-order valence-corrected chi connectivity index (χ0v) is 9.93. The summed E-state index contributed by atoms with van der Waals surface area (Å²) in [5.41, 5.74) is 4.89. The van der Waals surface area contributed by atoms with Gasteiger partial charge in [0.1, 0.15) is 0 Å². The van der Waals surface area contributed by atoms with Gasteiger partial charge in [0.15, 0.2) is 0 Å². The maximum absolute atomic E-state index is 11.5. The van der Waals surface area contributed by atoms with Crippen LogP contribution in [0.1, 0.15) is 15.9 Å². The van der Waals surface area contributed by atoms with Crippen molar-refractivity contribution >= 4 is 11.7 Å². The van der Waals surface area contributed by atoms with Gasteiger partial charge in [-0.25, -0.2) is 4.79 Å². The molecule has 1 aliphatic heterocycles. The van der Waals surface area contributed by atoms with E-state index in [2.05, 4.69) is 10.3 Å². The normalized spacial score (nSPS) is 12.1. The number of ether oxygens (including phenoxy) is 1. The van der Waals surface area contributed by atoms with E-state index in [9.17, 15) is 4.79 Å². The van der Waals surface area contributed by atoms with Crippen molar-refractivity contribution in [3.63, 3.8) is 0 Å². The summed E-state index contributed by atoms with van der Waals surface area (Å²) in [6.07, 6.45) is 3.64. The van der Waals surface area contributed by atoms with Gasteiger partial charge in [-0.05, 0) is 23.8 Å². The van der Waals surface area contributed by atoms with E-state index in [-0.39, 0.29) is 5.97 Å². The number of benzene rings is 1. The number of carbonyl (C=O) groups excluding carboxylic acids is 1. The highest BCUT2D eigenvalue weighted by Gasteiger charge is 2.17. The second-order valence-corrected chi connectivity index (χ2v) is 4.14. The minimum Gasteiger partial charge on any atom is -0.465 e. The van der Waals surface area contributed by atoms with Crippen molar-refractivity contribution in [2.75, 3.05) is 12.4 Å². The van der Waals surface area contributed by atoms with E-state index in [1.54, 1.807) is 12.3 Å². The molecule has 90 valence electrons. The third kappa shape index (κ3) is 1.62. The molecule has 4 nitrogen and oxygen atoms in total. The molecule has 1 aromatic carbocycles. The molecule has 0 unspecified atom stereocenters. The van der Waals surface area contributed by atoms with Gasteiger partial charge < -0.3 is 10.1 Å². The summed E-state index contributed by atoms with van der Waals surface area (Å²) in [6.45, 7) is 0.746. The van der Waals surface area contributed by atoms with E-state index < -0.39 is 0 Å². The molecule has 0 saturated heterocycles. The lowest BCUT2D eigenvalue weighted by Gasteiger charge is -2.21. The van der Waals surface area contributed by atoms with Crippen LogP contribution in [0.15, 0.2) is 36.7 Å². The average Bonchev–Trinajstić information content (AvgIpc) is 2.45. The van der Waals surface area contributed by atoms with E-state index in [1.165, 1.54) is 12.7 Å². The second-order valence-electron chi connectivity index (χ2n) is 4.14. The highest BCUT2D eigenvalue weighted by molar-refractivity contribution is 5.93. The van der Waals surface area contributed by atoms with Crippen LogP contribution in [-0.4, -0.2) is 18.1 Å². The molecule has 0 amide bonds. The fourth-order valence-electron chi connectivity index (χ4n) is 2.18. The first-order valence-corrected chi connectivity index (χ1v) is 5.69. The number of esters is 1. The van der Waals surface area contributed by atoms with Crippen LogP contribution < -0.4 is 5.32 Å². The number of hydrogen-bond acceptors (Lipinski definition) is 4. The molecule has 0 aliphatic carbocycles. The van der Waals surface area contributed by atoms with Gasteiger partial charge in [0.2, 0.25) is 0 Å². The van der Waals surface area contributed by atoms with Crippen molar-refractivity contribution in [3.8, 4) is 11.1 Å². The van der Waals surface area contributed by atoms with Crippen molar-refractivity contribution in [2.24, 2.45) is 0 Å². The van der Waals surface area contributed by atoms with Crippen molar-refractivity contribution < 1.29 is 9.53 Å². The third-order valence-corrected chi connectivity index (χ3v) is 3.11. The predicted octanol–water partition coefficient (Wildman–Crippen LogP) is 2.46. The van der Waals surface area contributed by atoms with Gasteiger partial charge in [-0.1, -0.05) is 6.07 Å². The molecule has 2 heterocycles. The van der Waals surface area contributed by atoms with Gasteiger partial charge in [-0.2, -0.15) is 0 Å². The SMILES string of the molecule is COC(=O)c1ccc2c(c1)NCc1ccncc1-2.